The minimum Gasteiger partial charge on any atom is -0.467 e. The zero-order chi connectivity index (χ0) is 25.3. The lowest BCUT2D eigenvalue weighted by atomic mass is 9.96. The SMILES string of the molecule is CCc1ccc2nc(N(Cc3ccco3)C(=O)C3CCN(S(=O)(=O)c4ccccc4F)CC3)sc2c1. The smallest absolute Gasteiger partial charge is 0.245 e. The number of thiazole rings is 1. The molecule has 0 atom stereocenters. The number of rotatable bonds is 7. The number of aromatic nitrogens is 1. The Kier molecular flexibility index (Phi) is 6.92. The summed E-state index contributed by atoms with van der Waals surface area (Å²) in [7, 11) is -3.97. The number of aryl methyl sites for hydroxylation is 1. The number of halogens is 1. The molecule has 1 saturated heterocycles. The molecule has 0 spiro atoms. The topological polar surface area (TPSA) is 83.7 Å². The van der Waals surface area contributed by atoms with Gasteiger partial charge >= 0.3 is 0 Å². The van der Waals surface area contributed by atoms with Gasteiger partial charge in [0.05, 0.1) is 23.0 Å². The van der Waals surface area contributed by atoms with Crippen molar-refractivity contribution in [1.82, 2.24) is 9.29 Å². The summed E-state index contributed by atoms with van der Waals surface area (Å²) in [6.07, 6.45) is 3.15. The molecular weight excluding hydrogens is 501 g/mol. The van der Waals surface area contributed by atoms with Crippen LogP contribution in [0.1, 0.15) is 31.1 Å². The first-order chi connectivity index (χ1) is 17.4. The molecule has 7 nitrogen and oxygen atoms in total. The third-order valence-electron chi connectivity index (χ3n) is 6.50. The number of sulfonamides is 1. The highest BCUT2D eigenvalue weighted by Gasteiger charge is 2.36. The number of carbonyl (C=O) groups excluding carboxylic acids is 1. The van der Waals surface area contributed by atoms with Gasteiger partial charge in [-0.2, -0.15) is 4.31 Å². The molecule has 1 amide bonds. The Morgan fingerprint density at radius 3 is 2.64 bits per heavy atom. The monoisotopic (exact) mass is 527 g/mol. The molecule has 0 N–H and O–H groups in total. The van der Waals surface area contributed by atoms with Crippen molar-refractivity contribution >= 4 is 42.6 Å². The van der Waals surface area contributed by atoms with Crippen LogP contribution in [0, 0.1) is 11.7 Å². The standard InChI is InChI=1S/C26H26FN3O4S2/c1-2-18-9-10-22-23(16-18)35-26(28-22)30(17-20-6-5-15-34-20)25(31)19-11-13-29(14-12-19)36(32,33)24-8-4-3-7-21(24)27/h3-10,15-16,19H,2,11-14,17H2,1H3. The summed E-state index contributed by atoms with van der Waals surface area (Å²) < 4.78 is 47.9. The van der Waals surface area contributed by atoms with E-state index in [1.54, 1.807) is 17.2 Å². The normalized spacial score (nSPS) is 15.4. The van der Waals surface area contributed by atoms with Crippen molar-refractivity contribution in [2.75, 3.05) is 18.0 Å². The first kappa shape index (κ1) is 24.6. The van der Waals surface area contributed by atoms with E-state index in [9.17, 15) is 17.6 Å². The van der Waals surface area contributed by atoms with Gasteiger partial charge in [-0.1, -0.05) is 36.5 Å². The fourth-order valence-corrected chi connectivity index (χ4v) is 7.02. The molecule has 0 aliphatic carbocycles. The molecule has 1 aliphatic heterocycles. The average molecular weight is 528 g/mol. The lowest BCUT2D eigenvalue weighted by Gasteiger charge is -2.32. The number of hydrogen-bond donors (Lipinski definition) is 0. The summed E-state index contributed by atoms with van der Waals surface area (Å²) in [6.45, 7) is 2.61. The van der Waals surface area contributed by atoms with Gasteiger partial charge in [-0.3, -0.25) is 9.69 Å². The van der Waals surface area contributed by atoms with Gasteiger partial charge in [0.25, 0.3) is 0 Å². The van der Waals surface area contributed by atoms with E-state index in [0.717, 1.165) is 22.7 Å². The number of benzene rings is 2. The van der Waals surface area contributed by atoms with Gasteiger partial charge in [-0.25, -0.2) is 17.8 Å². The molecule has 0 radical (unpaired) electrons. The predicted molar refractivity (Wildman–Crippen MR) is 137 cm³/mol. The van der Waals surface area contributed by atoms with E-state index in [1.165, 1.54) is 39.4 Å². The molecule has 1 aliphatic rings. The lowest BCUT2D eigenvalue weighted by molar-refractivity contribution is -0.123. The van der Waals surface area contributed by atoms with Gasteiger partial charge in [0, 0.05) is 19.0 Å². The second kappa shape index (κ2) is 10.1. The Labute approximate surface area is 213 Å². The maximum atomic E-state index is 14.2. The number of hydrogen-bond acceptors (Lipinski definition) is 6. The molecule has 2 aromatic carbocycles. The second-order valence-electron chi connectivity index (χ2n) is 8.76. The van der Waals surface area contributed by atoms with E-state index < -0.39 is 15.8 Å². The molecule has 36 heavy (non-hydrogen) atoms. The van der Waals surface area contributed by atoms with E-state index in [4.69, 9.17) is 9.40 Å². The number of anilines is 1. The van der Waals surface area contributed by atoms with E-state index in [1.807, 2.05) is 18.2 Å². The van der Waals surface area contributed by atoms with Crippen LogP contribution in [0.4, 0.5) is 9.52 Å². The van der Waals surface area contributed by atoms with Crippen LogP contribution >= 0.6 is 11.3 Å². The van der Waals surface area contributed by atoms with Crippen molar-refractivity contribution in [3.63, 3.8) is 0 Å². The summed E-state index contributed by atoms with van der Waals surface area (Å²) >= 11 is 1.46. The fourth-order valence-electron chi connectivity index (χ4n) is 4.45. The summed E-state index contributed by atoms with van der Waals surface area (Å²) in [5.41, 5.74) is 2.03. The minimum atomic E-state index is -3.97. The molecule has 5 rings (SSSR count). The van der Waals surface area contributed by atoms with Crippen LogP contribution in [0.5, 0.6) is 0 Å². The first-order valence-electron chi connectivity index (χ1n) is 11.8. The number of fused-ring (bicyclic) bond motifs is 1. The van der Waals surface area contributed by atoms with Crippen molar-refractivity contribution < 1.29 is 22.0 Å². The number of piperidine rings is 1. The van der Waals surface area contributed by atoms with E-state index in [0.29, 0.717) is 23.7 Å². The summed E-state index contributed by atoms with van der Waals surface area (Å²) in [6, 6.07) is 15.0. The molecule has 2 aromatic heterocycles. The number of carbonyl (C=O) groups is 1. The van der Waals surface area contributed by atoms with Crippen LogP contribution in [0.3, 0.4) is 0 Å². The van der Waals surface area contributed by atoms with Crippen LogP contribution in [-0.4, -0.2) is 36.7 Å². The van der Waals surface area contributed by atoms with Crippen molar-refractivity contribution in [1.29, 1.82) is 0 Å². The number of furan rings is 1. The molecule has 4 aromatic rings. The predicted octanol–water partition coefficient (Wildman–Crippen LogP) is 5.22. The highest BCUT2D eigenvalue weighted by atomic mass is 32.2. The average Bonchev–Trinajstić information content (AvgIpc) is 3.56. The Morgan fingerprint density at radius 1 is 1.17 bits per heavy atom. The van der Waals surface area contributed by atoms with Gasteiger partial charge < -0.3 is 4.42 Å². The van der Waals surface area contributed by atoms with Crippen LogP contribution in [0.25, 0.3) is 10.2 Å². The van der Waals surface area contributed by atoms with Crippen LogP contribution in [-0.2, 0) is 27.8 Å². The summed E-state index contributed by atoms with van der Waals surface area (Å²) in [4.78, 5) is 19.8. The van der Waals surface area contributed by atoms with Crippen LogP contribution in [0.2, 0.25) is 0 Å². The Hall–Kier alpha value is -3.08. The molecule has 10 heteroatoms. The highest BCUT2D eigenvalue weighted by Crippen LogP contribution is 2.34. The Bertz CT molecular complexity index is 1480. The lowest BCUT2D eigenvalue weighted by Crippen LogP contribution is -2.44. The Morgan fingerprint density at radius 2 is 1.94 bits per heavy atom. The molecule has 3 heterocycles. The van der Waals surface area contributed by atoms with E-state index in [-0.39, 0.29) is 36.4 Å². The molecule has 0 saturated carbocycles. The van der Waals surface area contributed by atoms with Gasteiger partial charge in [0.15, 0.2) is 5.13 Å². The van der Waals surface area contributed by atoms with E-state index in [2.05, 4.69) is 13.0 Å². The zero-order valence-corrected chi connectivity index (χ0v) is 21.4. The maximum Gasteiger partial charge on any atom is 0.245 e. The Balaban J connectivity index is 1.37. The quantitative estimate of drug-likeness (QED) is 0.329. The second-order valence-corrected chi connectivity index (χ2v) is 11.7. The largest absolute Gasteiger partial charge is 0.467 e. The first-order valence-corrected chi connectivity index (χ1v) is 14.1. The van der Waals surface area contributed by atoms with Crippen molar-refractivity contribution in [2.24, 2.45) is 5.92 Å². The van der Waals surface area contributed by atoms with Gasteiger partial charge in [-0.15, -0.1) is 0 Å². The summed E-state index contributed by atoms with van der Waals surface area (Å²) in [5.74, 6) is -0.645. The third-order valence-corrected chi connectivity index (χ3v) is 9.47. The zero-order valence-electron chi connectivity index (χ0n) is 19.8. The van der Waals surface area contributed by atoms with Gasteiger partial charge in [-0.05, 0) is 61.2 Å². The molecule has 1 fully saturated rings. The molecule has 0 unspecified atom stereocenters. The van der Waals surface area contributed by atoms with Crippen LogP contribution in [0.15, 0.2) is 70.2 Å². The molecule has 0 bridgehead atoms. The molecule has 188 valence electrons. The van der Waals surface area contributed by atoms with Crippen LogP contribution < -0.4 is 4.90 Å². The van der Waals surface area contributed by atoms with Crippen molar-refractivity contribution in [3.8, 4) is 0 Å². The maximum absolute atomic E-state index is 14.2. The van der Waals surface area contributed by atoms with Gasteiger partial charge in [0.1, 0.15) is 16.5 Å². The summed E-state index contributed by atoms with van der Waals surface area (Å²) in [5, 5.41) is 0.584. The third kappa shape index (κ3) is 4.80. The van der Waals surface area contributed by atoms with Crippen molar-refractivity contribution in [2.45, 2.75) is 37.6 Å². The highest BCUT2D eigenvalue weighted by molar-refractivity contribution is 7.89. The van der Waals surface area contributed by atoms with Crippen molar-refractivity contribution in [3.05, 3.63) is 78.0 Å². The number of amides is 1. The number of nitrogens with zero attached hydrogens (tertiary/aromatic N) is 3. The molecular formula is C26H26FN3O4S2. The van der Waals surface area contributed by atoms with E-state index >= 15 is 0 Å². The minimum absolute atomic E-state index is 0.121. The fraction of sp³-hybridized carbons (Fsp3) is 0.308. The van der Waals surface area contributed by atoms with Gasteiger partial charge in [0.2, 0.25) is 15.9 Å².